The number of para-hydroxylation sites is 2. The van der Waals surface area contributed by atoms with Crippen molar-refractivity contribution in [2.75, 3.05) is 78.0 Å². The number of methoxy groups -OCH3 is 1. The number of nitrogens with one attached hydrogen (secondary N) is 2. The molecule has 1 aromatic rings. The molecule has 0 aromatic heterocycles. The van der Waals surface area contributed by atoms with Gasteiger partial charge in [0.25, 0.3) is 5.91 Å². The monoisotopic (exact) mass is 334 g/mol. The number of quaternary nitrogens is 2. The fraction of sp³-hybridized carbons (Fsp3) is 0.611. The molecule has 2 fully saturated rings. The maximum atomic E-state index is 12.6. The van der Waals surface area contributed by atoms with E-state index in [2.05, 4.69) is 18.0 Å². The molecular formula is C18H30N4O2+2. The molecule has 0 unspecified atom stereocenters. The topological polar surface area (TPSA) is 41.7 Å². The molecule has 1 aromatic carbocycles. The van der Waals surface area contributed by atoms with Gasteiger partial charge in [-0.15, -0.1) is 0 Å². The number of amides is 1. The second kappa shape index (κ2) is 7.85. The van der Waals surface area contributed by atoms with Crippen LogP contribution < -0.4 is 19.4 Å². The van der Waals surface area contributed by atoms with Crippen LogP contribution in [0, 0.1) is 0 Å². The van der Waals surface area contributed by atoms with Gasteiger partial charge in [0.2, 0.25) is 0 Å². The predicted octanol–water partition coefficient (Wildman–Crippen LogP) is -2.24. The number of rotatable bonds is 4. The van der Waals surface area contributed by atoms with E-state index in [0.29, 0.717) is 12.5 Å². The van der Waals surface area contributed by atoms with Crippen LogP contribution in [0.5, 0.6) is 5.75 Å². The van der Waals surface area contributed by atoms with Gasteiger partial charge in [0.1, 0.15) is 31.9 Å². The SMILES string of the molecule is COc1ccccc1N1CCN(C(=O)C[NH+]2CC[NH+](C)CC2)CC1. The first-order valence-corrected chi connectivity index (χ1v) is 8.98. The minimum absolute atomic E-state index is 0.309. The summed E-state index contributed by atoms with van der Waals surface area (Å²) in [5.74, 6) is 1.21. The lowest BCUT2D eigenvalue weighted by atomic mass is 10.2. The highest BCUT2D eigenvalue weighted by atomic mass is 16.5. The standard InChI is InChI=1S/C18H28N4O2/c1-19-7-9-20(10-8-19)15-18(23)22-13-11-21(12-14-22)16-5-3-4-6-17(16)24-2/h3-6H,7-15H2,1-2H3/p+2. The van der Waals surface area contributed by atoms with E-state index in [1.165, 1.54) is 18.0 Å². The van der Waals surface area contributed by atoms with E-state index in [4.69, 9.17) is 4.74 Å². The maximum absolute atomic E-state index is 12.6. The van der Waals surface area contributed by atoms with Crippen molar-refractivity contribution in [1.82, 2.24) is 4.90 Å². The predicted molar refractivity (Wildman–Crippen MR) is 94.0 cm³/mol. The van der Waals surface area contributed by atoms with Crippen LogP contribution in [0.25, 0.3) is 0 Å². The van der Waals surface area contributed by atoms with E-state index in [1.54, 1.807) is 12.0 Å². The van der Waals surface area contributed by atoms with Gasteiger partial charge in [0, 0.05) is 26.2 Å². The van der Waals surface area contributed by atoms with Gasteiger partial charge in [-0.05, 0) is 12.1 Å². The highest BCUT2D eigenvalue weighted by Crippen LogP contribution is 2.28. The summed E-state index contributed by atoms with van der Waals surface area (Å²) in [6, 6.07) is 8.11. The van der Waals surface area contributed by atoms with Crippen molar-refractivity contribution in [1.29, 1.82) is 0 Å². The average Bonchev–Trinajstić information content (AvgIpc) is 2.63. The Morgan fingerprint density at radius 3 is 2.42 bits per heavy atom. The van der Waals surface area contributed by atoms with Gasteiger partial charge < -0.3 is 24.3 Å². The number of carbonyl (C=O) groups is 1. The van der Waals surface area contributed by atoms with E-state index < -0.39 is 0 Å². The minimum Gasteiger partial charge on any atom is -0.495 e. The van der Waals surface area contributed by atoms with Crippen LogP contribution in [0.3, 0.4) is 0 Å². The second-order valence-corrected chi connectivity index (χ2v) is 6.92. The molecule has 2 aliphatic heterocycles. The summed E-state index contributed by atoms with van der Waals surface area (Å²) in [6.45, 7) is 8.56. The van der Waals surface area contributed by atoms with E-state index >= 15 is 0 Å². The molecule has 3 rings (SSSR count). The Morgan fingerprint density at radius 1 is 1.08 bits per heavy atom. The van der Waals surface area contributed by atoms with Crippen molar-refractivity contribution in [2.45, 2.75) is 0 Å². The van der Waals surface area contributed by atoms with Gasteiger partial charge in [-0.25, -0.2) is 0 Å². The van der Waals surface area contributed by atoms with Crippen LogP contribution in [-0.4, -0.2) is 83.9 Å². The second-order valence-electron chi connectivity index (χ2n) is 6.92. The van der Waals surface area contributed by atoms with Crippen molar-refractivity contribution in [3.8, 4) is 5.75 Å². The van der Waals surface area contributed by atoms with Crippen molar-refractivity contribution in [3.05, 3.63) is 24.3 Å². The smallest absolute Gasteiger partial charge is 0.277 e. The van der Waals surface area contributed by atoms with Gasteiger partial charge in [-0.1, -0.05) is 12.1 Å². The molecule has 0 atom stereocenters. The molecule has 2 saturated heterocycles. The highest BCUT2D eigenvalue weighted by molar-refractivity contribution is 5.77. The molecular weight excluding hydrogens is 304 g/mol. The van der Waals surface area contributed by atoms with E-state index in [0.717, 1.165) is 50.7 Å². The number of piperazine rings is 2. The molecule has 6 nitrogen and oxygen atoms in total. The lowest BCUT2D eigenvalue weighted by Crippen LogP contribution is -3.27. The summed E-state index contributed by atoms with van der Waals surface area (Å²) in [6.07, 6.45) is 0. The zero-order valence-corrected chi connectivity index (χ0v) is 14.9. The molecule has 2 N–H and O–H groups in total. The highest BCUT2D eigenvalue weighted by Gasteiger charge is 2.27. The molecule has 0 aliphatic carbocycles. The number of hydrogen-bond acceptors (Lipinski definition) is 3. The molecule has 0 bridgehead atoms. The molecule has 24 heavy (non-hydrogen) atoms. The molecule has 0 spiro atoms. The van der Waals surface area contributed by atoms with Crippen LogP contribution in [0.15, 0.2) is 24.3 Å². The quantitative estimate of drug-likeness (QED) is 0.654. The first-order valence-electron chi connectivity index (χ1n) is 8.98. The summed E-state index contributed by atoms with van der Waals surface area (Å²) < 4.78 is 5.45. The number of nitrogens with zero attached hydrogens (tertiary/aromatic N) is 2. The Morgan fingerprint density at radius 2 is 1.75 bits per heavy atom. The minimum atomic E-state index is 0.309. The first-order chi connectivity index (χ1) is 11.7. The lowest BCUT2D eigenvalue weighted by molar-refractivity contribution is -1.000. The third kappa shape index (κ3) is 3.99. The van der Waals surface area contributed by atoms with Crippen LogP contribution in [0.1, 0.15) is 0 Å². The van der Waals surface area contributed by atoms with E-state index in [-0.39, 0.29) is 0 Å². The Hall–Kier alpha value is -1.79. The van der Waals surface area contributed by atoms with E-state index in [9.17, 15) is 4.79 Å². The third-order valence-electron chi connectivity index (χ3n) is 5.27. The zero-order chi connectivity index (χ0) is 16.9. The molecule has 0 radical (unpaired) electrons. The van der Waals surface area contributed by atoms with Gasteiger partial charge in [-0.2, -0.15) is 0 Å². The van der Waals surface area contributed by atoms with Crippen LogP contribution in [-0.2, 0) is 4.79 Å². The van der Waals surface area contributed by atoms with Crippen molar-refractivity contribution in [3.63, 3.8) is 0 Å². The number of hydrogen-bond donors (Lipinski definition) is 2. The number of benzene rings is 1. The first kappa shape index (κ1) is 17.0. The van der Waals surface area contributed by atoms with Gasteiger partial charge in [0.05, 0.1) is 19.8 Å². The van der Waals surface area contributed by atoms with Crippen molar-refractivity contribution < 1.29 is 19.3 Å². The van der Waals surface area contributed by atoms with Gasteiger partial charge >= 0.3 is 0 Å². The Labute approximate surface area is 144 Å². The van der Waals surface area contributed by atoms with Crippen LogP contribution in [0.4, 0.5) is 5.69 Å². The van der Waals surface area contributed by atoms with Gasteiger partial charge in [-0.3, -0.25) is 4.79 Å². The number of anilines is 1. The average molecular weight is 334 g/mol. The number of likely N-dealkylation sites (N-methyl/N-ethyl adjacent to an activating group) is 1. The Bertz CT molecular complexity index is 550. The largest absolute Gasteiger partial charge is 0.495 e. The third-order valence-corrected chi connectivity index (χ3v) is 5.27. The Kier molecular flexibility index (Phi) is 5.58. The van der Waals surface area contributed by atoms with Crippen LogP contribution >= 0.6 is 0 Å². The molecule has 1 amide bonds. The maximum Gasteiger partial charge on any atom is 0.277 e. The number of carbonyl (C=O) groups excluding carboxylic acids is 1. The fourth-order valence-corrected chi connectivity index (χ4v) is 3.62. The lowest BCUT2D eigenvalue weighted by Gasteiger charge is -2.37. The van der Waals surface area contributed by atoms with Crippen molar-refractivity contribution in [2.24, 2.45) is 0 Å². The summed E-state index contributed by atoms with van der Waals surface area (Å²) in [4.78, 5) is 19.9. The fourth-order valence-electron chi connectivity index (χ4n) is 3.62. The summed E-state index contributed by atoms with van der Waals surface area (Å²) in [5, 5.41) is 0. The zero-order valence-electron chi connectivity index (χ0n) is 14.9. The molecule has 6 heteroatoms. The molecule has 2 aliphatic rings. The Balaban J connectivity index is 1.50. The number of ether oxygens (including phenoxy) is 1. The normalized spacial score (nSPS) is 24.8. The van der Waals surface area contributed by atoms with E-state index in [1.807, 2.05) is 23.1 Å². The molecule has 2 heterocycles. The van der Waals surface area contributed by atoms with Gasteiger partial charge in [0.15, 0.2) is 6.54 Å². The summed E-state index contributed by atoms with van der Waals surface area (Å²) in [7, 11) is 3.94. The van der Waals surface area contributed by atoms with Crippen molar-refractivity contribution >= 4 is 11.6 Å². The summed E-state index contributed by atoms with van der Waals surface area (Å²) in [5.41, 5.74) is 1.12. The summed E-state index contributed by atoms with van der Waals surface area (Å²) >= 11 is 0. The van der Waals surface area contributed by atoms with Crippen LogP contribution in [0.2, 0.25) is 0 Å². The molecule has 0 saturated carbocycles. The molecule has 132 valence electrons.